The Hall–Kier alpha value is -2.71. The third kappa shape index (κ3) is 3.61. The standard InChI is InChI=1S/C25H29N5/c26-14-4-1-5-17-30-22-11-3-2-10-21(22)28-23(30)18-29-16-7-9-20-13-12-19-8-6-15-27-24(19)25(20)29/h2-3,6,8,10-11,15,20,25H,1,4-5,7,9,12-13,16-18H2/t20-,25+/m1/s1. The first-order chi connectivity index (χ1) is 14.8. The molecule has 0 radical (unpaired) electrons. The zero-order chi connectivity index (χ0) is 20.3. The second kappa shape index (κ2) is 8.57. The average molecular weight is 400 g/mol. The predicted molar refractivity (Wildman–Crippen MR) is 118 cm³/mol. The summed E-state index contributed by atoms with van der Waals surface area (Å²) in [4.78, 5) is 12.5. The van der Waals surface area contributed by atoms with E-state index in [1.165, 1.54) is 36.0 Å². The van der Waals surface area contributed by atoms with Crippen LogP contribution in [0.4, 0.5) is 0 Å². The van der Waals surface area contributed by atoms with Gasteiger partial charge in [0, 0.05) is 19.2 Å². The Morgan fingerprint density at radius 3 is 2.97 bits per heavy atom. The Labute approximate surface area is 178 Å². The Kier molecular flexibility index (Phi) is 5.50. The molecule has 2 aromatic heterocycles. The summed E-state index contributed by atoms with van der Waals surface area (Å²) in [5, 5.41) is 8.87. The molecule has 3 aromatic rings. The number of para-hydroxylation sites is 2. The number of benzene rings is 1. The molecule has 0 bridgehead atoms. The van der Waals surface area contributed by atoms with E-state index in [1.54, 1.807) is 0 Å². The van der Waals surface area contributed by atoms with Crippen molar-refractivity contribution >= 4 is 11.0 Å². The lowest BCUT2D eigenvalue weighted by Gasteiger charge is -2.44. The lowest BCUT2D eigenvalue weighted by Crippen LogP contribution is -2.41. The van der Waals surface area contributed by atoms with Crippen molar-refractivity contribution in [2.45, 2.75) is 64.1 Å². The molecule has 5 rings (SSSR count). The van der Waals surface area contributed by atoms with Gasteiger partial charge in [-0.1, -0.05) is 18.2 Å². The monoisotopic (exact) mass is 399 g/mol. The van der Waals surface area contributed by atoms with E-state index in [9.17, 15) is 0 Å². The molecule has 30 heavy (non-hydrogen) atoms. The molecule has 0 spiro atoms. The molecule has 0 unspecified atom stereocenters. The molecule has 2 atom stereocenters. The van der Waals surface area contributed by atoms with Crippen LogP contribution < -0.4 is 0 Å². The maximum atomic E-state index is 8.87. The highest BCUT2D eigenvalue weighted by Crippen LogP contribution is 2.43. The van der Waals surface area contributed by atoms with Crippen LogP contribution in [-0.2, 0) is 19.5 Å². The maximum absolute atomic E-state index is 8.87. The Morgan fingerprint density at radius 1 is 1.10 bits per heavy atom. The van der Waals surface area contributed by atoms with Gasteiger partial charge in [0.15, 0.2) is 0 Å². The first-order valence-electron chi connectivity index (χ1n) is 11.3. The second-order valence-corrected chi connectivity index (χ2v) is 8.69. The van der Waals surface area contributed by atoms with Crippen molar-refractivity contribution in [3.63, 3.8) is 0 Å². The highest BCUT2D eigenvalue weighted by Gasteiger charge is 2.38. The largest absolute Gasteiger partial charge is 0.327 e. The number of aromatic nitrogens is 3. The van der Waals surface area contributed by atoms with Crippen LogP contribution in [-0.4, -0.2) is 26.0 Å². The van der Waals surface area contributed by atoms with Gasteiger partial charge in [0.05, 0.1) is 35.4 Å². The molecule has 0 N–H and O–H groups in total. The lowest BCUT2D eigenvalue weighted by molar-refractivity contribution is 0.0664. The van der Waals surface area contributed by atoms with Crippen LogP contribution in [0.3, 0.4) is 0 Å². The van der Waals surface area contributed by atoms with E-state index < -0.39 is 0 Å². The van der Waals surface area contributed by atoms with Crippen molar-refractivity contribution in [1.29, 1.82) is 5.26 Å². The number of piperidine rings is 1. The summed E-state index contributed by atoms with van der Waals surface area (Å²) < 4.78 is 2.39. The Morgan fingerprint density at radius 2 is 2.03 bits per heavy atom. The number of imidazole rings is 1. The molecule has 154 valence electrons. The maximum Gasteiger partial charge on any atom is 0.124 e. The van der Waals surface area contributed by atoms with Crippen LogP contribution >= 0.6 is 0 Å². The molecule has 1 aliphatic heterocycles. The summed E-state index contributed by atoms with van der Waals surface area (Å²) in [5.74, 6) is 1.85. The molecule has 1 aliphatic carbocycles. The number of hydrogen-bond donors (Lipinski definition) is 0. The highest BCUT2D eigenvalue weighted by molar-refractivity contribution is 5.75. The minimum absolute atomic E-state index is 0.413. The number of aryl methyl sites for hydroxylation is 2. The summed E-state index contributed by atoms with van der Waals surface area (Å²) in [6, 6.07) is 15.5. The van der Waals surface area contributed by atoms with E-state index in [0.717, 1.165) is 50.2 Å². The third-order valence-electron chi connectivity index (χ3n) is 6.85. The van der Waals surface area contributed by atoms with Gasteiger partial charge >= 0.3 is 0 Å². The first kappa shape index (κ1) is 19.3. The van der Waals surface area contributed by atoms with Crippen LogP contribution in [0.5, 0.6) is 0 Å². The van der Waals surface area contributed by atoms with Crippen molar-refractivity contribution in [2.75, 3.05) is 6.54 Å². The SMILES string of the molecule is N#CCCCCn1c(CN2CCC[C@@H]3CCc4cccnc4[C@H]32)nc2ccccc21. The topological polar surface area (TPSA) is 57.7 Å². The minimum atomic E-state index is 0.413. The summed E-state index contributed by atoms with van der Waals surface area (Å²) >= 11 is 0. The van der Waals surface area contributed by atoms with Crippen LogP contribution in [0.25, 0.3) is 11.0 Å². The van der Waals surface area contributed by atoms with Gasteiger partial charge in [-0.3, -0.25) is 9.88 Å². The second-order valence-electron chi connectivity index (χ2n) is 8.69. The number of unbranched alkanes of at least 4 members (excludes halogenated alkanes) is 2. The molecule has 3 heterocycles. The highest BCUT2D eigenvalue weighted by atomic mass is 15.2. The summed E-state index contributed by atoms with van der Waals surface area (Å²) in [6.45, 7) is 2.90. The average Bonchev–Trinajstić information content (AvgIpc) is 3.13. The number of nitrogens with zero attached hydrogens (tertiary/aromatic N) is 5. The van der Waals surface area contributed by atoms with E-state index in [-0.39, 0.29) is 0 Å². The molecule has 2 aliphatic rings. The van der Waals surface area contributed by atoms with Gasteiger partial charge in [0.2, 0.25) is 0 Å². The molecule has 0 amide bonds. The zero-order valence-corrected chi connectivity index (χ0v) is 17.5. The van der Waals surface area contributed by atoms with Crippen LogP contribution in [0.2, 0.25) is 0 Å². The van der Waals surface area contributed by atoms with E-state index in [4.69, 9.17) is 15.2 Å². The van der Waals surface area contributed by atoms with Gasteiger partial charge in [-0.25, -0.2) is 4.98 Å². The van der Waals surface area contributed by atoms with Crippen molar-refractivity contribution in [1.82, 2.24) is 19.4 Å². The molecule has 5 nitrogen and oxygen atoms in total. The lowest BCUT2D eigenvalue weighted by atomic mass is 9.77. The molecule has 1 aromatic carbocycles. The van der Waals surface area contributed by atoms with Gasteiger partial charge < -0.3 is 4.57 Å². The van der Waals surface area contributed by atoms with Gasteiger partial charge in [-0.15, -0.1) is 0 Å². The third-order valence-corrected chi connectivity index (χ3v) is 6.85. The molecular formula is C25H29N5. The fourth-order valence-electron chi connectivity index (χ4n) is 5.45. The fraction of sp³-hybridized carbons (Fsp3) is 0.480. The fourth-order valence-corrected chi connectivity index (χ4v) is 5.45. The van der Waals surface area contributed by atoms with Gasteiger partial charge in [0.1, 0.15) is 5.82 Å². The van der Waals surface area contributed by atoms with Gasteiger partial charge in [-0.05, 0) is 74.8 Å². The zero-order valence-electron chi connectivity index (χ0n) is 17.5. The van der Waals surface area contributed by atoms with Crippen molar-refractivity contribution in [2.24, 2.45) is 5.92 Å². The number of fused-ring (bicyclic) bond motifs is 4. The summed E-state index contributed by atoms with van der Waals surface area (Å²) in [5.41, 5.74) is 5.00. The van der Waals surface area contributed by atoms with Gasteiger partial charge in [0.25, 0.3) is 0 Å². The molecule has 1 saturated heterocycles. The molecular weight excluding hydrogens is 370 g/mol. The molecule has 0 saturated carbocycles. The Bertz CT molecular complexity index is 1060. The normalized spacial score (nSPS) is 21.2. The predicted octanol–water partition coefficient (Wildman–Crippen LogP) is 5.02. The first-order valence-corrected chi connectivity index (χ1v) is 11.3. The van der Waals surface area contributed by atoms with Crippen LogP contribution in [0.1, 0.15) is 61.6 Å². The van der Waals surface area contributed by atoms with Crippen molar-refractivity contribution in [3.8, 4) is 6.07 Å². The minimum Gasteiger partial charge on any atom is -0.327 e. The number of nitriles is 1. The summed E-state index contributed by atoms with van der Waals surface area (Å²) in [7, 11) is 0. The number of hydrogen-bond acceptors (Lipinski definition) is 4. The smallest absolute Gasteiger partial charge is 0.124 e. The van der Waals surface area contributed by atoms with E-state index in [1.807, 2.05) is 6.20 Å². The van der Waals surface area contributed by atoms with Crippen LogP contribution in [0, 0.1) is 17.2 Å². The number of likely N-dealkylation sites (tertiary alicyclic amines) is 1. The van der Waals surface area contributed by atoms with Crippen LogP contribution in [0.15, 0.2) is 42.6 Å². The summed E-state index contributed by atoms with van der Waals surface area (Å²) in [6.07, 6.45) is 9.53. The Balaban J connectivity index is 1.45. The molecule has 1 fully saturated rings. The van der Waals surface area contributed by atoms with E-state index in [2.05, 4.69) is 51.9 Å². The van der Waals surface area contributed by atoms with Gasteiger partial charge in [-0.2, -0.15) is 5.26 Å². The quantitative estimate of drug-likeness (QED) is 0.546. The molecule has 5 heteroatoms. The van der Waals surface area contributed by atoms with E-state index in [0.29, 0.717) is 18.4 Å². The number of pyridine rings is 1. The van der Waals surface area contributed by atoms with E-state index >= 15 is 0 Å². The van der Waals surface area contributed by atoms with Crippen molar-refractivity contribution in [3.05, 3.63) is 59.7 Å². The van der Waals surface area contributed by atoms with Crippen molar-refractivity contribution < 1.29 is 0 Å². The number of rotatable bonds is 6.